The molecule has 0 aliphatic carbocycles. The number of hydrazine groups is 1. The van der Waals surface area contributed by atoms with E-state index >= 15 is 0 Å². The van der Waals surface area contributed by atoms with Crippen molar-refractivity contribution in [2.75, 3.05) is 19.7 Å². The molecule has 2 unspecified atom stereocenters. The average Bonchev–Trinajstić information content (AvgIpc) is 2.46. The Kier molecular flexibility index (Phi) is 9.44. The molecular formula is C16H35N3O. The molecule has 1 aliphatic rings. The van der Waals surface area contributed by atoms with E-state index in [2.05, 4.69) is 31.1 Å². The van der Waals surface area contributed by atoms with Gasteiger partial charge in [-0.1, -0.05) is 45.4 Å². The lowest BCUT2D eigenvalue weighted by molar-refractivity contribution is -0.0568. The van der Waals surface area contributed by atoms with Gasteiger partial charge in [0.2, 0.25) is 0 Å². The molecule has 1 fully saturated rings. The fourth-order valence-electron chi connectivity index (χ4n) is 2.93. The summed E-state index contributed by atoms with van der Waals surface area (Å²) in [4.78, 5) is 2.49. The van der Waals surface area contributed by atoms with Gasteiger partial charge in [-0.15, -0.1) is 0 Å². The molecule has 0 aromatic heterocycles. The Labute approximate surface area is 125 Å². The summed E-state index contributed by atoms with van der Waals surface area (Å²) in [7, 11) is 0. The van der Waals surface area contributed by atoms with Crippen molar-refractivity contribution in [1.82, 2.24) is 10.3 Å². The maximum Gasteiger partial charge on any atom is 0.0868 e. The van der Waals surface area contributed by atoms with E-state index in [0.29, 0.717) is 12.1 Å². The fraction of sp³-hybridized carbons (Fsp3) is 1.00. The quantitative estimate of drug-likeness (QED) is 0.368. The van der Waals surface area contributed by atoms with E-state index in [-0.39, 0.29) is 6.10 Å². The second-order valence-electron chi connectivity index (χ2n) is 6.33. The van der Waals surface area contributed by atoms with Crippen molar-refractivity contribution < 1.29 is 4.74 Å². The minimum atomic E-state index is 0.242. The van der Waals surface area contributed by atoms with E-state index < -0.39 is 0 Å². The van der Waals surface area contributed by atoms with Crippen molar-refractivity contribution in [2.24, 2.45) is 5.84 Å². The summed E-state index contributed by atoms with van der Waals surface area (Å²) in [6.07, 6.45) is 9.35. The summed E-state index contributed by atoms with van der Waals surface area (Å²) < 4.78 is 5.92. The second-order valence-corrected chi connectivity index (χ2v) is 6.33. The normalized spacial score (nSPS) is 22.4. The lowest BCUT2D eigenvalue weighted by Crippen LogP contribution is -2.55. The van der Waals surface area contributed by atoms with Gasteiger partial charge in [0.25, 0.3) is 0 Å². The van der Waals surface area contributed by atoms with Gasteiger partial charge in [0.1, 0.15) is 0 Å². The number of nitrogens with zero attached hydrogens (tertiary/aromatic N) is 1. The first kappa shape index (κ1) is 17.9. The molecule has 2 atom stereocenters. The summed E-state index contributed by atoms with van der Waals surface area (Å²) in [5.74, 6) is 5.74. The average molecular weight is 285 g/mol. The van der Waals surface area contributed by atoms with E-state index in [4.69, 9.17) is 10.6 Å². The molecule has 4 heteroatoms. The Morgan fingerprint density at radius 3 is 2.55 bits per heavy atom. The Hall–Kier alpha value is -0.160. The first-order valence-corrected chi connectivity index (χ1v) is 8.50. The highest BCUT2D eigenvalue weighted by Crippen LogP contribution is 2.16. The van der Waals surface area contributed by atoms with Gasteiger partial charge in [-0.3, -0.25) is 16.2 Å². The molecule has 1 aliphatic heterocycles. The summed E-state index contributed by atoms with van der Waals surface area (Å²) >= 11 is 0. The van der Waals surface area contributed by atoms with Crippen LogP contribution in [-0.4, -0.2) is 42.8 Å². The number of hydrogen-bond donors (Lipinski definition) is 2. The molecule has 0 aromatic carbocycles. The first-order valence-electron chi connectivity index (χ1n) is 8.50. The van der Waals surface area contributed by atoms with Gasteiger partial charge in [-0.2, -0.15) is 0 Å². The molecule has 120 valence electrons. The van der Waals surface area contributed by atoms with Crippen LogP contribution in [0.1, 0.15) is 65.7 Å². The summed E-state index contributed by atoms with van der Waals surface area (Å²) in [5, 5.41) is 0. The van der Waals surface area contributed by atoms with Gasteiger partial charge in [0.15, 0.2) is 0 Å². The van der Waals surface area contributed by atoms with Crippen LogP contribution in [0.25, 0.3) is 0 Å². The van der Waals surface area contributed by atoms with E-state index in [1.165, 1.54) is 38.5 Å². The lowest BCUT2D eigenvalue weighted by Gasteiger charge is -2.38. The van der Waals surface area contributed by atoms with Crippen LogP contribution in [0.4, 0.5) is 0 Å². The molecule has 1 rings (SSSR count). The van der Waals surface area contributed by atoms with Crippen molar-refractivity contribution >= 4 is 0 Å². The van der Waals surface area contributed by atoms with Crippen LogP contribution in [-0.2, 0) is 4.74 Å². The fourth-order valence-corrected chi connectivity index (χ4v) is 2.93. The largest absolute Gasteiger partial charge is 0.374 e. The third kappa shape index (κ3) is 6.53. The van der Waals surface area contributed by atoms with Crippen molar-refractivity contribution in [3.8, 4) is 0 Å². The lowest BCUT2D eigenvalue weighted by atomic mass is 10.0. The Bertz CT molecular complexity index is 236. The molecule has 0 spiro atoms. The zero-order valence-corrected chi connectivity index (χ0v) is 13.7. The van der Waals surface area contributed by atoms with Crippen molar-refractivity contribution in [3.05, 3.63) is 0 Å². The third-order valence-electron chi connectivity index (χ3n) is 4.39. The SMILES string of the molecule is CCCCCCCCC(NN)C1CN(C(C)C)CCO1. The highest BCUT2D eigenvalue weighted by atomic mass is 16.5. The van der Waals surface area contributed by atoms with Crippen LogP contribution in [0, 0.1) is 0 Å². The predicted octanol–water partition coefficient (Wildman–Crippen LogP) is 2.68. The maximum atomic E-state index is 5.92. The number of hydrogen-bond acceptors (Lipinski definition) is 4. The number of nitrogens with two attached hydrogens (primary N) is 1. The van der Waals surface area contributed by atoms with Crippen LogP contribution in [0.3, 0.4) is 0 Å². The van der Waals surface area contributed by atoms with E-state index in [1.807, 2.05) is 0 Å². The second kappa shape index (κ2) is 10.6. The van der Waals surface area contributed by atoms with Crippen LogP contribution < -0.4 is 11.3 Å². The smallest absolute Gasteiger partial charge is 0.0868 e. The molecule has 0 amide bonds. The number of ether oxygens (including phenoxy) is 1. The monoisotopic (exact) mass is 285 g/mol. The van der Waals surface area contributed by atoms with Crippen LogP contribution in [0.15, 0.2) is 0 Å². The minimum absolute atomic E-state index is 0.242. The highest BCUT2D eigenvalue weighted by Gasteiger charge is 2.28. The molecule has 20 heavy (non-hydrogen) atoms. The van der Waals surface area contributed by atoms with Crippen LogP contribution >= 0.6 is 0 Å². The molecule has 0 radical (unpaired) electrons. The molecular weight excluding hydrogens is 250 g/mol. The van der Waals surface area contributed by atoms with E-state index in [1.54, 1.807) is 0 Å². The topological polar surface area (TPSA) is 50.5 Å². The van der Waals surface area contributed by atoms with Gasteiger partial charge in [-0.25, -0.2) is 0 Å². The standard InChI is InChI=1S/C16H35N3O/c1-4-5-6-7-8-9-10-15(18-17)16-13-19(14(2)3)11-12-20-16/h14-16,18H,4-13,17H2,1-3H3. The molecule has 0 bridgehead atoms. The Morgan fingerprint density at radius 1 is 1.20 bits per heavy atom. The first-order chi connectivity index (χ1) is 9.69. The molecule has 4 nitrogen and oxygen atoms in total. The number of nitrogens with one attached hydrogen (secondary N) is 1. The molecule has 0 saturated carbocycles. The van der Waals surface area contributed by atoms with Gasteiger partial charge >= 0.3 is 0 Å². The number of morpholine rings is 1. The number of rotatable bonds is 10. The van der Waals surface area contributed by atoms with Crippen molar-refractivity contribution in [1.29, 1.82) is 0 Å². The summed E-state index contributed by atoms with van der Waals surface area (Å²) in [6, 6.07) is 0.886. The minimum Gasteiger partial charge on any atom is -0.374 e. The predicted molar refractivity (Wildman–Crippen MR) is 85.6 cm³/mol. The van der Waals surface area contributed by atoms with E-state index in [9.17, 15) is 0 Å². The zero-order valence-electron chi connectivity index (χ0n) is 13.7. The third-order valence-corrected chi connectivity index (χ3v) is 4.39. The molecule has 1 heterocycles. The molecule has 0 aromatic rings. The Morgan fingerprint density at radius 2 is 1.90 bits per heavy atom. The molecule has 1 saturated heterocycles. The number of unbranched alkanes of at least 4 members (excludes halogenated alkanes) is 5. The van der Waals surface area contributed by atoms with Gasteiger partial charge in [0.05, 0.1) is 12.7 Å². The van der Waals surface area contributed by atoms with E-state index in [0.717, 1.165) is 26.1 Å². The highest BCUT2D eigenvalue weighted by molar-refractivity contribution is 4.83. The van der Waals surface area contributed by atoms with Crippen molar-refractivity contribution in [3.63, 3.8) is 0 Å². The summed E-state index contributed by atoms with van der Waals surface area (Å²) in [6.45, 7) is 9.64. The zero-order chi connectivity index (χ0) is 14.8. The van der Waals surface area contributed by atoms with Gasteiger partial charge in [-0.05, 0) is 20.3 Å². The van der Waals surface area contributed by atoms with Crippen LogP contribution in [0.5, 0.6) is 0 Å². The van der Waals surface area contributed by atoms with Gasteiger partial charge < -0.3 is 4.74 Å². The van der Waals surface area contributed by atoms with Crippen molar-refractivity contribution in [2.45, 2.75) is 83.9 Å². The van der Waals surface area contributed by atoms with Crippen LogP contribution in [0.2, 0.25) is 0 Å². The molecule has 3 N–H and O–H groups in total. The maximum absolute atomic E-state index is 5.92. The summed E-state index contributed by atoms with van der Waals surface area (Å²) in [5.41, 5.74) is 2.98. The van der Waals surface area contributed by atoms with Gasteiger partial charge in [0, 0.05) is 25.2 Å². The Balaban J connectivity index is 2.23.